The standard InChI is InChI=1S/C23H22N2O5S/c1-23(2)14-18-19(29-16-7-9-17(10-8-16)31(3,27)28)12-15(13-20(18)30-23)22(26)25-21-6-4-5-11-24-21/h4-13H,14H2,1-3H3,(H,24,25,26). The molecule has 0 aliphatic carbocycles. The molecule has 0 saturated carbocycles. The number of amides is 1. The van der Waals surface area contributed by atoms with Gasteiger partial charge in [0.05, 0.1) is 4.90 Å². The minimum atomic E-state index is -3.30. The molecule has 160 valence electrons. The first-order valence-corrected chi connectivity index (χ1v) is 11.6. The van der Waals surface area contributed by atoms with Crippen molar-refractivity contribution in [3.05, 3.63) is 71.9 Å². The van der Waals surface area contributed by atoms with Crippen molar-refractivity contribution >= 4 is 21.6 Å². The maximum absolute atomic E-state index is 12.8. The Morgan fingerprint density at radius 1 is 1.13 bits per heavy atom. The van der Waals surface area contributed by atoms with Gasteiger partial charge in [-0.2, -0.15) is 0 Å². The van der Waals surface area contributed by atoms with Gasteiger partial charge < -0.3 is 14.8 Å². The van der Waals surface area contributed by atoms with E-state index in [1.54, 1.807) is 48.7 Å². The van der Waals surface area contributed by atoms with Crippen molar-refractivity contribution in [3.63, 3.8) is 0 Å². The maximum Gasteiger partial charge on any atom is 0.257 e. The van der Waals surface area contributed by atoms with Crippen LogP contribution >= 0.6 is 0 Å². The average molecular weight is 439 g/mol. The summed E-state index contributed by atoms with van der Waals surface area (Å²) < 4.78 is 35.5. The molecule has 2 aromatic carbocycles. The third-order valence-electron chi connectivity index (χ3n) is 4.81. The van der Waals surface area contributed by atoms with Crippen LogP contribution in [0, 0.1) is 0 Å². The summed E-state index contributed by atoms with van der Waals surface area (Å²) in [7, 11) is -3.30. The zero-order valence-corrected chi connectivity index (χ0v) is 18.2. The summed E-state index contributed by atoms with van der Waals surface area (Å²) in [4.78, 5) is 17.1. The highest BCUT2D eigenvalue weighted by Crippen LogP contribution is 2.43. The largest absolute Gasteiger partial charge is 0.487 e. The summed E-state index contributed by atoms with van der Waals surface area (Å²) in [5.74, 6) is 1.63. The number of hydrogen-bond acceptors (Lipinski definition) is 6. The molecular formula is C23H22N2O5S. The monoisotopic (exact) mass is 438 g/mol. The van der Waals surface area contributed by atoms with Crippen LogP contribution in [0.4, 0.5) is 5.82 Å². The number of nitrogens with one attached hydrogen (secondary N) is 1. The fraction of sp³-hybridized carbons (Fsp3) is 0.217. The highest BCUT2D eigenvalue weighted by molar-refractivity contribution is 7.90. The Kier molecular flexibility index (Phi) is 5.18. The molecule has 0 atom stereocenters. The van der Waals surface area contributed by atoms with E-state index >= 15 is 0 Å². The molecule has 3 aromatic rings. The minimum absolute atomic E-state index is 0.207. The van der Waals surface area contributed by atoms with Gasteiger partial charge in [0, 0.05) is 30.0 Å². The Morgan fingerprint density at radius 2 is 1.87 bits per heavy atom. The van der Waals surface area contributed by atoms with Crippen LogP contribution in [0.15, 0.2) is 65.7 Å². The van der Waals surface area contributed by atoms with Crippen LogP contribution < -0.4 is 14.8 Å². The molecule has 1 aliphatic heterocycles. The summed E-state index contributed by atoms with van der Waals surface area (Å²) >= 11 is 0. The van der Waals surface area contributed by atoms with E-state index in [1.807, 2.05) is 13.8 Å². The zero-order valence-electron chi connectivity index (χ0n) is 17.4. The van der Waals surface area contributed by atoms with E-state index in [4.69, 9.17) is 9.47 Å². The molecule has 1 amide bonds. The summed E-state index contributed by atoms with van der Waals surface area (Å²) in [6, 6.07) is 14.8. The van der Waals surface area contributed by atoms with Gasteiger partial charge in [-0.25, -0.2) is 13.4 Å². The third kappa shape index (κ3) is 4.69. The van der Waals surface area contributed by atoms with Crippen molar-refractivity contribution in [1.29, 1.82) is 0 Å². The summed E-state index contributed by atoms with van der Waals surface area (Å²) in [5, 5.41) is 2.76. The highest BCUT2D eigenvalue weighted by atomic mass is 32.2. The first kappa shape index (κ1) is 20.9. The molecule has 1 aromatic heterocycles. The second kappa shape index (κ2) is 7.70. The van der Waals surface area contributed by atoms with E-state index in [2.05, 4.69) is 10.3 Å². The number of pyridine rings is 1. The van der Waals surface area contributed by atoms with E-state index in [0.29, 0.717) is 35.1 Å². The molecule has 1 N–H and O–H groups in total. The Morgan fingerprint density at radius 3 is 2.52 bits per heavy atom. The fourth-order valence-corrected chi connectivity index (χ4v) is 4.00. The SMILES string of the molecule is CC1(C)Cc2c(Oc3ccc(S(C)(=O)=O)cc3)cc(C(=O)Nc3ccccn3)cc2O1. The van der Waals surface area contributed by atoms with Gasteiger partial charge in [-0.1, -0.05) is 6.07 Å². The maximum atomic E-state index is 12.8. The number of sulfone groups is 1. The molecule has 2 heterocycles. The van der Waals surface area contributed by atoms with Gasteiger partial charge in [0.15, 0.2) is 9.84 Å². The van der Waals surface area contributed by atoms with E-state index in [-0.39, 0.29) is 10.8 Å². The lowest BCUT2D eigenvalue weighted by atomic mass is 9.99. The summed E-state index contributed by atoms with van der Waals surface area (Å²) in [6.07, 6.45) is 3.36. The number of carbonyl (C=O) groups is 1. The van der Waals surface area contributed by atoms with Crippen molar-refractivity contribution in [2.75, 3.05) is 11.6 Å². The Bertz CT molecular complexity index is 1240. The fourth-order valence-electron chi connectivity index (χ4n) is 3.37. The van der Waals surface area contributed by atoms with Crippen LogP contribution in [0.2, 0.25) is 0 Å². The number of carbonyl (C=O) groups excluding carboxylic acids is 1. The lowest BCUT2D eigenvalue weighted by Crippen LogP contribution is -2.24. The normalized spacial score (nSPS) is 14.4. The molecular weight excluding hydrogens is 416 g/mol. The molecule has 0 fully saturated rings. The lowest BCUT2D eigenvalue weighted by Gasteiger charge is -2.16. The molecule has 0 bridgehead atoms. The topological polar surface area (TPSA) is 94.6 Å². The molecule has 0 saturated heterocycles. The van der Waals surface area contributed by atoms with Gasteiger partial charge in [0.2, 0.25) is 0 Å². The molecule has 1 aliphatic rings. The number of benzene rings is 2. The second-order valence-electron chi connectivity index (χ2n) is 8.00. The van der Waals surface area contributed by atoms with Crippen LogP contribution in [0.1, 0.15) is 29.8 Å². The number of nitrogens with zero attached hydrogens (tertiary/aromatic N) is 1. The van der Waals surface area contributed by atoms with Gasteiger partial charge in [-0.3, -0.25) is 4.79 Å². The minimum Gasteiger partial charge on any atom is -0.487 e. The first-order valence-electron chi connectivity index (χ1n) is 9.67. The Hall–Kier alpha value is -3.39. The molecule has 0 spiro atoms. The summed E-state index contributed by atoms with van der Waals surface area (Å²) in [5.41, 5.74) is 0.785. The Labute approximate surface area is 181 Å². The number of hydrogen-bond donors (Lipinski definition) is 1. The van der Waals surface area contributed by atoms with Crippen molar-refractivity contribution in [1.82, 2.24) is 4.98 Å². The van der Waals surface area contributed by atoms with Crippen LogP contribution in [0.3, 0.4) is 0 Å². The molecule has 0 unspecified atom stereocenters. The van der Waals surface area contributed by atoms with Crippen LogP contribution in [0.5, 0.6) is 17.2 Å². The van der Waals surface area contributed by atoms with Crippen molar-refractivity contribution in [2.45, 2.75) is 30.8 Å². The van der Waals surface area contributed by atoms with Gasteiger partial charge in [0.25, 0.3) is 5.91 Å². The molecule has 7 nitrogen and oxygen atoms in total. The van der Waals surface area contributed by atoms with E-state index in [1.165, 1.54) is 12.1 Å². The average Bonchev–Trinajstić information content (AvgIpc) is 3.02. The molecule has 0 radical (unpaired) electrons. The lowest BCUT2D eigenvalue weighted by molar-refractivity contribution is 0.102. The van der Waals surface area contributed by atoms with Crippen LogP contribution in [0.25, 0.3) is 0 Å². The van der Waals surface area contributed by atoms with Crippen LogP contribution in [-0.4, -0.2) is 31.2 Å². The number of rotatable bonds is 5. The second-order valence-corrected chi connectivity index (χ2v) is 10.0. The smallest absolute Gasteiger partial charge is 0.257 e. The number of anilines is 1. The van der Waals surface area contributed by atoms with Crippen LogP contribution in [-0.2, 0) is 16.3 Å². The summed E-state index contributed by atoms with van der Waals surface area (Å²) in [6.45, 7) is 3.93. The zero-order chi connectivity index (χ0) is 22.2. The van der Waals surface area contributed by atoms with E-state index in [0.717, 1.165) is 11.8 Å². The predicted molar refractivity (Wildman–Crippen MR) is 117 cm³/mol. The number of fused-ring (bicyclic) bond motifs is 1. The van der Waals surface area contributed by atoms with Gasteiger partial charge in [-0.05, 0) is 62.4 Å². The molecule has 8 heteroatoms. The highest BCUT2D eigenvalue weighted by Gasteiger charge is 2.34. The predicted octanol–water partition coefficient (Wildman–Crippen LogP) is 4.24. The molecule has 4 rings (SSSR count). The van der Waals surface area contributed by atoms with Crippen molar-refractivity contribution in [3.8, 4) is 17.2 Å². The van der Waals surface area contributed by atoms with E-state index < -0.39 is 15.4 Å². The number of ether oxygens (including phenoxy) is 2. The first-order chi connectivity index (χ1) is 14.6. The van der Waals surface area contributed by atoms with Crippen molar-refractivity contribution in [2.24, 2.45) is 0 Å². The quantitative estimate of drug-likeness (QED) is 0.640. The van der Waals surface area contributed by atoms with E-state index in [9.17, 15) is 13.2 Å². The number of aromatic nitrogens is 1. The third-order valence-corrected chi connectivity index (χ3v) is 5.93. The Balaban J connectivity index is 1.67. The molecule has 31 heavy (non-hydrogen) atoms. The van der Waals surface area contributed by atoms with Gasteiger partial charge >= 0.3 is 0 Å². The van der Waals surface area contributed by atoms with Gasteiger partial charge in [-0.15, -0.1) is 0 Å². The van der Waals surface area contributed by atoms with Crippen molar-refractivity contribution < 1.29 is 22.7 Å². The van der Waals surface area contributed by atoms with Gasteiger partial charge in [0.1, 0.15) is 28.7 Å².